The first-order valence-electron chi connectivity index (χ1n) is 9.39. The lowest BCUT2D eigenvalue weighted by atomic mass is 10.0. The van der Waals surface area contributed by atoms with Crippen LogP contribution in [0.3, 0.4) is 0 Å². The average molecular weight is 401 g/mol. The van der Waals surface area contributed by atoms with Crippen molar-refractivity contribution < 1.29 is 19.4 Å². The number of aliphatic hydroxyl groups excluding tert-OH is 1. The lowest BCUT2D eigenvalue weighted by Gasteiger charge is -2.34. The van der Waals surface area contributed by atoms with Crippen LogP contribution in [0.25, 0.3) is 0 Å². The summed E-state index contributed by atoms with van der Waals surface area (Å²) in [4.78, 5) is 14.0. The molecule has 3 atom stereocenters. The van der Waals surface area contributed by atoms with Gasteiger partial charge in [-0.1, -0.05) is 30.3 Å². The molecule has 4 rings (SSSR count). The standard InChI is InChI=1S/C21H24N2O4S/c1-13(20(24)14-6-4-3-5-7-14)22-21(25)16-10-15-11-17-18(27-9-8-26-17)12-19(15)28-23(16)2/h3-7,11-13,16,20,24H,8-10H2,1-2H3,(H,22,25)/t13-,16?,20?/m0/s1. The van der Waals surface area contributed by atoms with Gasteiger partial charge in [0.05, 0.1) is 12.1 Å². The number of likely N-dealkylation sites (N-methyl/N-ethyl adjacent to an activating group) is 1. The first kappa shape index (κ1) is 19.1. The molecule has 0 saturated heterocycles. The molecule has 7 heteroatoms. The van der Waals surface area contributed by atoms with Crippen LogP contribution in [-0.2, 0) is 11.2 Å². The molecule has 0 aliphatic carbocycles. The monoisotopic (exact) mass is 400 g/mol. The number of hydrogen-bond acceptors (Lipinski definition) is 6. The van der Waals surface area contributed by atoms with Gasteiger partial charge in [-0.25, -0.2) is 4.31 Å². The fraction of sp³-hybridized carbons (Fsp3) is 0.381. The van der Waals surface area contributed by atoms with Crippen molar-refractivity contribution in [3.05, 3.63) is 53.6 Å². The molecule has 2 unspecified atom stereocenters. The molecule has 0 radical (unpaired) electrons. The first-order valence-corrected chi connectivity index (χ1v) is 10.2. The molecule has 2 N–H and O–H groups in total. The van der Waals surface area contributed by atoms with Crippen LogP contribution >= 0.6 is 11.9 Å². The van der Waals surface area contributed by atoms with Crippen molar-refractivity contribution in [2.45, 2.75) is 36.4 Å². The minimum absolute atomic E-state index is 0.0991. The van der Waals surface area contributed by atoms with Crippen molar-refractivity contribution in [1.82, 2.24) is 9.62 Å². The van der Waals surface area contributed by atoms with Crippen molar-refractivity contribution >= 4 is 17.9 Å². The van der Waals surface area contributed by atoms with E-state index in [1.54, 1.807) is 0 Å². The van der Waals surface area contributed by atoms with Gasteiger partial charge < -0.3 is 19.9 Å². The lowest BCUT2D eigenvalue weighted by molar-refractivity contribution is -0.126. The third kappa shape index (κ3) is 3.83. The predicted molar refractivity (Wildman–Crippen MR) is 108 cm³/mol. The quantitative estimate of drug-likeness (QED) is 0.769. The van der Waals surface area contributed by atoms with E-state index in [-0.39, 0.29) is 11.9 Å². The van der Waals surface area contributed by atoms with Gasteiger partial charge in [0, 0.05) is 4.90 Å². The summed E-state index contributed by atoms with van der Waals surface area (Å²) in [5.41, 5.74) is 1.86. The summed E-state index contributed by atoms with van der Waals surface area (Å²) in [6.07, 6.45) is -0.174. The Bertz CT molecular complexity index is 861. The fourth-order valence-corrected chi connectivity index (χ4v) is 4.54. The predicted octanol–water partition coefficient (Wildman–Crippen LogP) is 2.56. The molecule has 1 amide bonds. The zero-order chi connectivity index (χ0) is 19.7. The number of ether oxygens (including phenoxy) is 2. The molecule has 0 aromatic heterocycles. The van der Waals surface area contributed by atoms with Gasteiger partial charge in [-0.05, 0) is 55.6 Å². The van der Waals surface area contributed by atoms with E-state index in [1.165, 1.54) is 11.9 Å². The highest BCUT2D eigenvalue weighted by atomic mass is 32.2. The van der Waals surface area contributed by atoms with E-state index in [2.05, 4.69) is 5.32 Å². The summed E-state index contributed by atoms with van der Waals surface area (Å²) < 4.78 is 13.3. The Kier molecular flexibility index (Phi) is 5.48. The molecule has 2 aromatic rings. The molecule has 0 bridgehead atoms. The summed E-state index contributed by atoms with van der Waals surface area (Å²) in [7, 11) is 1.91. The van der Waals surface area contributed by atoms with Crippen molar-refractivity contribution in [2.24, 2.45) is 0 Å². The van der Waals surface area contributed by atoms with E-state index in [1.807, 2.05) is 60.7 Å². The maximum atomic E-state index is 12.9. The number of nitrogens with zero attached hydrogens (tertiary/aromatic N) is 1. The second-order valence-corrected chi connectivity index (χ2v) is 8.31. The van der Waals surface area contributed by atoms with E-state index >= 15 is 0 Å². The van der Waals surface area contributed by atoms with Crippen LogP contribution in [0.15, 0.2) is 47.4 Å². The van der Waals surface area contributed by atoms with E-state index in [4.69, 9.17) is 9.47 Å². The van der Waals surface area contributed by atoms with Crippen LogP contribution < -0.4 is 14.8 Å². The van der Waals surface area contributed by atoms with E-state index in [9.17, 15) is 9.90 Å². The van der Waals surface area contributed by atoms with Gasteiger partial charge in [0.1, 0.15) is 19.3 Å². The van der Waals surface area contributed by atoms with Gasteiger partial charge in [0.15, 0.2) is 11.5 Å². The summed E-state index contributed by atoms with van der Waals surface area (Å²) >= 11 is 1.53. The van der Waals surface area contributed by atoms with Crippen LogP contribution in [0.5, 0.6) is 11.5 Å². The second kappa shape index (κ2) is 8.03. The molecule has 2 heterocycles. The first-order chi connectivity index (χ1) is 13.5. The molecule has 0 saturated carbocycles. The van der Waals surface area contributed by atoms with Crippen molar-refractivity contribution in [2.75, 3.05) is 20.3 Å². The minimum atomic E-state index is -0.753. The van der Waals surface area contributed by atoms with Gasteiger partial charge in [-0.2, -0.15) is 0 Å². The summed E-state index contributed by atoms with van der Waals surface area (Å²) in [6.45, 7) is 2.91. The number of fused-ring (bicyclic) bond motifs is 2. The van der Waals surface area contributed by atoms with Crippen LogP contribution in [0.1, 0.15) is 24.2 Å². The second-order valence-electron chi connectivity index (χ2n) is 7.11. The number of hydrogen-bond donors (Lipinski definition) is 2. The molecular weight excluding hydrogens is 376 g/mol. The molecule has 2 aliphatic heterocycles. The Labute approximate surface area is 169 Å². The van der Waals surface area contributed by atoms with Gasteiger partial charge >= 0.3 is 0 Å². The Morgan fingerprint density at radius 2 is 1.89 bits per heavy atom. The summed E-state index contributed by atoms with van der Waals surface area (Å²) in [6, 6.07) is 12.6. The van der Waals surface area contributed by atoms with Gasteiger partial charge in [-0.3, -0.25) is 4.79 Å². The molecule has 0 spiro atoms. The zero-order valence-electron chi connectivity index (χ0n) is 15.9. The van der Waals surface area contributed by atoms with Gasteiger partial charge in [0.2, 0.25) is 5.91 Å². The number of nitrogens with one attached hydrogen (secondary N) is 1. The number of carbonyl (C=O) groups is 1. The highest BCUT2D eigenvalue weighted by Crippen LogP contribution is 2.42. The highest BCUT2D eigenvalue weighted by molar-refractivity contribution is 7.97. The normalized spacial score (nSPS) is 20.8. The van der Waals surface area contributed by atoms with Crippen molar-refractivity contribution in [3.8, 4) is 11.5 Å². The maximum Gasteiger partial charge on any atom is 0.238 e. The maximum absolute atomic E-state index is 12.9. The van der Waals surface area contributed by atoms with Crippen molar-refractivity contribution in [3.63, 3.8) is 0 Å². The van der Waals surface area contributed by atoms with E-state index in [0.717, 1.165) is 27.5 Å². The van der Waals surface area contributed by atoms with Crippen LogP contribution in [0, 0.1) is 0 Å². The number of aliphatic hydroxyl groups is 1. The highest BCUT2D eigenvalue weighted by Gasteiger charge is 2.33. The Morgan fingerprint density at radius 1 is 1.21 bits per heavy atom. The zero-order valence-corrected chi connectivity index (χ0v) is 16.7. The lowest BCUT2D eigenvalue weighted by Crippen LogP contribution is -2.49. The fourth-order valence-electron chi connectivity index (χ4n) is 3.51. The SMILES string of the molecule is C[C@H](NC(=O)C1Cc2cc3c(cc2SN1C)OCCO3)C(O)c1ccccc1. The number of rotatable bonds is 4. The third-order valence-electron chi connectivity index (χ3n) is 5.11. The molecule has 2 aliphatic rings. The average Bonchev–Trinajstić information content (AvgIpc) is 2.71. The molecule has 2 aromatic carbocycles. The van der Waals surface area contributed by atoms with Crippen molar-refractivity contribution in [1.29, 1.82) is 0 Å². The minimum Gasteiger partial charge on any atom is -0.486 e. The number of amides is 1. The molecule has 148 valence electrons. The summed E-state index contributed by atoms with van der Waals surface area (Å²) in [5.74, 6) is 1.40. The number of carbonyl (C=O) groups excluding carboxylic acids is 1. The van der Waals surface area contributed by atoms with Crippen LogP contribution in [-0.4, -0.2) is 47.7 Å². The largest absolute Gasteiger partial charge is 0.486 e. The van der Waals surface area contributed by atoms with Gasteiger partial charge in [0.25, 0.3) is 0 Å². The third-order valence-corrected chi connectivity index (χ3v) is 6.23. The number of benzene rings is 2. The van der Waals surface area contributed by atoms with Crippen LogP contribution in [0.4, 0.5) is 0 Å². The molecular formula is C21H24N2O4S. The molecule has 6 nitrogen and oxygen atoms in total. The van der Waals surface area contributed by atoms with E-state index < -0.39 is 12.1 Å². The Hall–Kier alpha value is -2.22. The Morgan fingerprint density at radius 3 is 2.61 bits per heavy atom. The molecule has 28 heavy (non-hydrogen) atoms. The van der Waals surface area contributed by atoms with E-state index in [0.29, 0.717) is 19.6 Å². The molecule has 0 fully saturated rings. The topological polar surface area (TPSA) is 71.0 Å². The Balaban J connectivity index is 1.46. The summed E-state index contributed by atoms with van der Waals surface area (Å²) in [5, 5.41) is 13.5. The smallest absolute Gasteiger partial charge is 0.238 e. The van der Waals surface area contributed by atoms with Crippen LogP contribution in [0.2, 0.25) is 0 Å². The van der Waals surface area contributed by atoms with Gasteiger partial charge in [-0.15, -0.1) is 0 Å².